The van der Waals surface area contributed by atoms with Crippen LogP contribution in [0.25, 0.3) is 11.0 Å². The highest BCUT2D eigenvalue weighted by Gasteiger charge is 2.34. The van der Waals surface area contributed by atoms with Gasteiger partial charge in [0.1, 0.15) is 11.6 Å². The molecule has 1 aliphatic heterocycles. The van der Waals surface area contributed by atoms with Crippen molar-refractivity contribution in [3.8, 4) is 5.75 Å². The van der Waals surface area contributed by atoms with Gasteiger partial charge in [0.05, 0.1) is 17.6 Å². The molecule has 1 aliphatic rings. The molecule has 1 aromatic heterocycles. The fourth-order valence-electron chi connectivity index (χ4n) is 4.90. The topological polar surface area (TPSA) is 47.4 Å². The lowest BCUT2D eigenvalue weighted by Gasteiger charge is -2.17. The summed E-state index contributed by atoms with van der Waals surface area (Å²) in [6.45, 7) is 6.59. The fraction of sp³-hybridized carbons (Fsp3) is 0.333. The lowest BCUT2D eigenvalue weighted by molar-refractivity contribution is -0.117. The first-order chi connectivity index (χ1) is 17.5. The summed E-state index contributed by atoms with van der Waals surface area (Å²) >= 11 is 3.48. The molecular weight excluding hydrogens is 514 g/mol. The van der Waals surface area contributed by atoms with E-state index in [0.29, 0.717) is 25.5 Å². The highest BCUT2D eigenvalue weighted by molar-refractivity contribution is 9.10. The summed E-state index contributed by atoms with van der Waals surface area (Å²) < 4.78 is 9.31. The van der Waals surface area contributed by atoms with Crippen molar-refractivity contribution < 1.29 is 9.53 Å². The van der Waals surface area contributed by atoms with Gasteiger partial charge in [0, 0.05) is 35.6 Å². The molecule has 1 atom stereocenters. The van der Waals surface area contributed by atoms with Gasteiger partial charge in [0.25, 0.3) is 0 Å². The van der Waals surface area contributed by atoms with Crippen molar-refractivity contribution >= 4 is 38.6 Å². The Balaban J connectivity index is 1.25. The first-order valence-electron chi connectivity index (χ1n) is 12.7. The van der Waals surface area contributed by atoms with E-state index in [0.717, 1.165) is 52.2 Å². The Morgan fingerprint density at radius 3 is 2.50 bits per heavy atom. The SMILES string of the molecule is CC(C)c1ccc(OCCCCn2c(C3CC(=O)N(c4ccc(Br)cc4)C3)nc3ccccc32)cc1. The Hall–Kier alpha value is -3.12. The molecule has 0 bridgehead atoms. The number of nitrogens with zero attached hydrogens (tertiary/aromatic N) is 3. The summed E-state index contributed by atoms with van der Waals surface area (Å²) in [7, 11) is 0. The Morgan fingerprint density at radius 2 is 1.75 bits per heavy atom. The van der Waals surface area contributed by atoms with Crippen LogP contribution in [0.3, 0.4) is 0 Å². The minimum atomic E-state index is 0.0734. The predicted octanol–water partition coefficient (Wildman–Crippen LogP) is 7.30. The number of fused-ring (bicyclic) bond motifs is 1. The number of unbranched alkanes of at least 4 members (excludes halogenated alkanes) is 1. The van der Waals surface area contributed by atoms with Gasteiger partial charge >= 0.3 is 0 Å². The van der Waals surface area contributed by atoms with Gasteiger partial charge < -0.3 is 14.2 Å². The normalized spacial score (nSPS) is 15.8. The van der Waals surface area contributed by atoms with Crippen molar-refractivity contribution in [2.24, 2.45) is 0 Å². The van der Waals surface area contributed by atoms with Crippen LogP contribution in [-0.4, -0.2) is 28.6 Å². The van der Waals surface area contributed by atoms with Crippen LogP contribution in [0.4, 0.5) is 5.69 Å². The third kappa shape index (κ3) is 5.34. The average Bonchev–Trinajstić information content (AvgIpc) is 3.45. The third-order valence-electron chi connectivity index (χ3n) is 6.90. The van der Waals surface area contributed by atoms with Crippen molar-refractivity contribution in [1.29, 1.82) is 0 Å². The molecule has 6 heteroatoms. The molecule has 36 heavy (non-hydrogen) atoms. The number of aromatic nitrogens is 2. The molecule has 4 aromatic rings. The summed E-state index contributed by atoms with van der Waals surface area (Å²) in [5, 5.41) is 0. The lowest BCUT2D eigenvalue weighted by Crippen LogP contribution is -2.24. The number of imidazole rings is 1. The zero-order valence-electron chi connectivity index (χ0n) is 20.9. The number of carbonyl (C=O) groups is 1. The standard InChI is InChI=1S/C30H32BrN3O2/c1-21(2)22-9-15-26(16-10-22)36-18-6-5-17-33-28-8-4-3-7-27(28)32-30(33)23-19-29(35)34(20-23)25-13-11-24(31)12-14-25/h3-4,7-16,21,23H,5-6,17-20H2,1-2H3. The van der Waals surface area contributed by atoms with Crippen LogP contribution in [0.2, 0.25) is 0 Å². The van der Waals surface area contributed by atoms with Crippen molar-refractivity contribution in [1.82, 2.24) is 9.55 Å². The summed E-state index contributed by atoms with van der Waals surface area (Å²) in [4.78, 5) is 19.8. The van der Waals surface area contributed by atoms with E-state index in [2.05, 4.69) is 76.8 Å². The summed E-state index contributed by atoms with van der Waals surface area (Å²) in [6.07, 6.45) is 2.41. The van der Waals surface area contributed by atoms with Gasteiger partial charge in [-0.3, -0.25) is 4.79 Å². The molecule has 0 saturated carbocycles. The van der Waals surface area contributed by atoms with Crippen LogP contribution < -0.4 is 9.64 Å². The zero-order chi connectivity index (χ0) is 25.1. The maximum Gasteiger partial charge on any atom is 0.227 e. The number of hydrogen-bond donors (Lipinski definition) is 0. The zero-order valence-corrected chi connectivity index (χ0v) is 22.4. The van der Waals surface area contributed by atoms with E-state index in [1.807, 2.05) is 35.2 Å². The van der Waals surface area contributed by atoms with Gasteiger partial charge in [0.15, 0.2) is 0 Å². The molecule has 0 spiro atoms. The minimum absolute atomic E-state index is 0.0734. The molecule has 1 fully saturated rings. The van der Waals surface area contributed by atoms with E-state index < -0.39 is 0 Å². The molecule has 1 amide bonds. The number of anilines is 1. The van der Waals surface area contributed by atoms with Crippen LogP contribution in [0.5, 0.6) is 5.75 Å². The highest BCUT2D eigenvalue weighted by Crippen LogP contribution is 2.34. The molecule has 0 radical (unpaired) electrons. The molecule has 186 valence electrons. The van der Waals surface area contributed by atoms with E-state index in [4.69, 9.17) is 9.72 Å². The highest BCUT2D eigenvalue weighted by atomic mass is 79.9. The van der Waals surface area contributed by atoms with Crippen LogP contribution in [0.1, 0.15) is 56.3 Å². The quantitative estimate of drug-likeness (QED) is 0.207. The van der Waals surface area contributed by atoms with Crippen molar-refractivity contribution in [2.45, 2.75) is 51.5 Å². The van der Waals surface area contributed by atoms with E-state index in [1.165, 1.54) is 5.56 Å². The van der Waals surface area contributed by atoms with E-state index >= 15 is 0 Å². The molecule has 5 rings (SSSR count). The van der Waals surface area contributed by atoms with E-state index in [-0.39, 0.29) is 11.8 Å². The Kier molecular flexibility index (Phi) is 7.42. The number of carbonyl (C=O) groups excluding carboxylic acids is 1. The smallest absolute Gasteiger partial charge is 0.227 e. The van der Waals surface area contributed by atoms with Gasteiger partial charge in [-0.25, -0.2) is 4.98 Å². The summed E-state index contributed by atoms with van der Waals surface area (Å²) in [5.74, 6) is 2.68. The first-order valence-corrected chi connectivity index (χ1v) is 13.5. The Bertz CT molecular complexity index is 1330. The number of aryl methyl sites for hydroxylation is 1. The Morgan fingerprint density at radius 1 is 1.00 bits per heavy atom. The molecule has 0 aliphatic carbocycles. The number of rotatable bonds is 9. The van der Waals surface area contributed by atoms with Gasteiger partial charge in [-0.2, -0.15) is 0 Å². The molecule has 0 N–H and O–H groups in total. The molecular formula is C30H32BrN3O2. The van der Waals surface area contributed by atoms with Crippen LogP contribution >= 0.6 is 15.9 Å². The van der Waals surface area contributed by atoms with Crippen LogP contribution in [0.15, 0.2) is 77.3 Å². The van der Waals surface area contributed by atoms with Crippen LogP contribution in [0, 0.1) is 0 Å². The summed E-state index contributed by atoms with van der Waals surface area (Å²) in [5.41, 5.74) is 4.38. The molecule has 1 saturated heterocycles. The van der Waals surface area contributed by atoms with E-state index in [9.17, 15) is 4.79 Å². The van der Waals surface area contributed by atoms with Crippen molar-refractivity contribution in [3.63, 3.8) is 0 Å². The van der Waals surface area contributed by atoms with Gasteiger partial charge in [0.2, 0.25) is 5.91 Å². The van der Waals surface area contributed by atoms with Crippen molar-refractivity contribution in [2.75, 3.05) is 18.1 Å². The second kappa shape index (κ2) is 10.9. The second-order valence-electron chi connectivity index (χ2n) is 9.77. The number of ether oxygens (including phenoxy) is 1. The molecule has 5 nitrogen and oxygen atoms in total. The summed E-state index contributed by atoms with van der Waals surface area (Å²) in [6, 6.07) is 24.6. The van der Waals surface area contributed by atoms with E-state index in [1.54, 1.807) is 0 Å². The second-order valence-corrected chi connectivity index (χ2v) is 10.7. The lowest BCUT2D eigenvalue weighted by atomic mass is 10.0. The monoisotopic (exact) mass is 545 g/mol. The van der Waals surface area contributed by atoms with Gasteiger partial charge in [-0.15, -0.1) is 0 Å². The fourth-order valence-corrected chi connectivity index (χ4v) is 5.17. The molecule has 3 aromatic carbocycles. The van der Waals surface area contributed by atoms with Gasteiger partial charge in [-0.1, -0.05) is 54.0 Å². The largest absolute Gasteiger partial charge is 0.494 e. The first kappa shape index (κ1) is 24.6. The number of benzene rings is 3. The molecule has 1 unspecified atom stereocenters. The van der Waals surface area contributed by atoms with Crippen LogP contribution in [-0.2, 0) is 11.3 Å². The maximum atomic E-state index is 12.9. The number of hydrogen-bond acceptors (Lipinski definition) is 3. The maximum absolute atomic E-state index is 12.9. The third-order valence-corrected chi connectivity index (χ3v) is 7.43. The minimum Gasteiger partial charge on any atom is -0.494 e. The average molecular weight is 547 g/mol. The number of para-hydroxylation sites is 2. The number of halogens is 1. The number of amides is 1. The predicted molar refractivity (Wildman–Crippen MR) is 149 cm³/mol. The van der Waals surface area contributed by atoms with Crippen molar-refractivity contribution in [3.05, 3.63) is 88.7 Å². The Labute approximate surface area is 221 Å². The van der Waals surface area contributed by atoms with Gasteiger partial charge in [-0.05, 0) is 72.9 Å². The molecule has 2 heterocycles.